The molecule has 1 N–H and O–H groups in total. The van der Waals surface area contributed by atoms with Crippen LogP contribution < -0.4 is 10.1 Å². The number of nitrogens with zero attached hydrogens (tertiary/aromatic N) is 1. The topological polar surface area (TPSA) is 34.1 Å². The number of halogens is 2. The molecule has 0 atom stereocenters. The van der Waals surface area contributed by atoms with Crippen molar-refractivity contribution in [1.82, 2.24) is 4.98 Å². The Morgan fingerprint density at radius 2 is 2.17 bits per heavy atom. The summed E-state index contributed by atoms with van der Waals surface area (Å²) in [5.74, 6) is -0.127. The van der Waals surface area contributed by atoms with Gasteiger partial charge in [0.05, 0.1) is 19.0 Å². The van der Waals surface area contributed by atoms with Gasteiger partial charge in [-0.05, 0) is 29.8 Å². The van der Waals surface area contributed by atoms with Crippen molar-refractivity contribution in [3.63, 3.8) is 0 Å². The first kappa shape index (κ1) is 12.6. The van der Waals surface area contributed by atoms with Crippen molar-refractivity contribution in [1.29, 1.82) is 0 Å². The van der Waals surface area contributed by atoms with Crippen LogP contribution in [0.4, 0.5) is 10.1 Å². The summed E-state index contributed by atoms with van der Waals surface area (Å²) in [7, 11) is 1.44. The smallest absolute Gasteiger partial charge is 0.165 e. The highest BCUT2D eigenvalue weighted by atomic mass is 35.5. The fourth-order valence-electron chi connectivity index (χ4n) is 1.50. The zero-order valence-electron chi connectivity index (χ0n) is 9.78. The predicted molar refractivity (Wildman–Crippen MR) is 69.5 cm³/mol. The number of hydrogen-bond donors (Lipinski definition) is 1. The third kappa shape index (κ3) is 3.11. The lowest BCUT2D eigenvalue weighted by Crippen LogP contribution is -2.00. The molecule has 1 heterocycles. The van der Waals surface area contributed by atoms with Crippen molar-refractivity contribution in [3.05, 3.63) is 53.1 Å². The van der Waals surface area contributed by atoms with Crippen LogP contribution in [0.1, 0.15) is 5.56 Å². The Bertz CT molecular complexity index is 531. The molecular weight excluding hydrogens is 255 g/mol. The number of nitrogens with one attached hydrogen (secondary N) is 1. The third-order valence-electron chi connectivity index (χ3n) is 2.44. The van der Waals surface area contributed by atoms with Crippen molar-refractivity contribution in [3.8, 4) is 5.75 Å². The van der Waals surface area contributed by atoms with Crippen molar-refractivity contribution >= 4 is 17.3 Å². The van der Waals surface area contributed by atoms with Crippen LogP contribution in [-0.2, 0) is 6.54 Å². The largest absolute Gasteiger partial charge is 0.494 e. The molecule has 0 aliphatic rings. The fourth-order valence-corrected chi connectivity index (χ4v) is 1.62. The number of aromatic nitrogens is 1. The Labute approximate surface area is 110 Å². The highest BCUT2D eigenvalue weighted by molar-refractivity contribution is 6.29. The lowest BCUT2D eigenvalue weighted by molar-refractivity contribution is 0.386. The van der Waals surface area contributed by atoms with Gasteiger partial charge < -0.3 is 10.1 Å². The summed E-state index contributed by atoms with van der Waals surface area (Å²) >= 11 is 5.68. The van der Waals surface area contributed by atoms with Crippen LogP contribution in [0.3, 0.4) is 0 Å². The van der Waals surface area contributed by atoms with E-state index in [1.807, 2.05) is 6.07 Å². The fraction of sp³-hybridized carbons (Fsp3) is 0.154. The predicted octanol–water partition coefficient (Wildman–Crippen LogP) is 3.49. The average molecular weight is 267 g/mol. The maximum atomic E-state index is 13.4. The molecule has 2 rings (SSSR count). The van der Waals surface area contributed by atoms with E-state index in [1.165, 1.54) is 13.2 Å². The van der Waals surface area contributed by atoms with E-state index in [-0.39, 0.29) is 11.6 Å². The molecule has 18 heavy (non-hydrogen) atoms. The van der Waals surface area contributed by atoms with E-state index in [0.717, 1.165) is 11.3 Å². The quantitative estimate of drug-likeness (QED) is 0.860. The van der Waals surface area contributed by atoms with Crippen LogP contribution in [0.25, 0.3) is 0 Å². The number of ether oxygens (including phenoxy) is 1. The van der Waals surface area contributed by atoms with Crippen molar-refractivity contribution in [2.45, 2.75) is 6.54 Å². The summed E-state index contributed by atoms with van der Waals surface area (Å²) in [5, 5.41) is 3.57. The molecule has 0 aliphatic heterocycles. The van der Waals surface area contributed by atoms with Crippen LogP contribution in [0.15, 0.2) is 36.5 Å². The van der Waals surface area contributed by atoms with Crippen molar-refractivity contribution in [2.24, 2.45) is 0 Å². The molecule has 0 fully saturated rings. The van der Waals surface area contributed by atoms with Crippen LogP contribution in [0.2, 0.25) is 5.15 Å². The van der Waals surface area contributed by atoms with Gasteiger partial charge in [-0.3, -0.25) is 0 Å². The number of benzene rings is 1. The second-order valence-electron chi connectivity index (χ2n) is 3.69. The number of pyridine rings is 1. The number of anilines is 1. The van der Waals surface area contributed by atoms with E-state index in [1.54, 1.807) is 24.4 Å². The normalized spacial score (nSPS) is 10.2. The summed E-state index contributed by atoms with van der Waals surface area (Å²) in [6.45, 7) is 0.504. The van der Waals surface area contributed by atoms with Gasteiger partial charge in [-0.15, -0.1) is 0 Å². The summed E-state index contributed by atoms with van der Waals surface area (Å²) in [6, 6.07) is 8.35. The highest BCUT2D eigenvalue weighted by Gasteiger charge is 2.03. The molecule has 0 saturated heterocycles. The van der Waals surface area contributed by atoms with Gasteiger partial charge in [0.2, 0.25) is 0 Å². The first-order chi connectivity index (χ1) is 8.69. The van der Waals surface area contributed by atoms with Gasteiger partial charge >= 0.3 is 0 Å². The molecule has 0 unspecified atom stereocenters. The van der Waals surface area contributed by atoms with Crippen molar-refractivity contribution < 1.29 is 9.13 Å². The molecule has 0 radical (unpaired) electrons. The molecule has 3 nitrogen and oxygen atoms in total. The standard InChI is InChI=1S/C13H12ClFN2O/c1-18-12-4-2-9(6-11(12)15)7-16-10-3-5-13(14)17-8-10/h2-6,8,16H,7H2,1H3. The van der Waals surface area contributed by atoms with Gasteiger partial charge in [0.15, 0.2) is 11.6 Å². The lowest BCUT2D eigenvalue weighted by Gasteiger charge is -2.08. The monoisotopic (exact) mass is 266 g/mol. The average Bonchev–Trinajstić information content (AvgIpc) is 2.38. The molecular formula is C13H12ClFN2O. The molecule has 1 aromatic carbocycles. The van der Waals surface area contributed by atoms with Gasteiger partial charge in [-0.1, -0.05) is 17.7 Å². The van der Waals surface area contributed by atoms with Gasteiger partial charge in [0.1, 0.15) is 5.15 Å². The molecule has 1 aromatic heterocycles. The maximum Gasteiger partial charge on any atom is 0.165 e. The Morgan fingerprint density at radius 3 is 2.78 bits per heavy atom. The second kappa shape index (κ2) is 5.69. The molecule has 0 amide bonds. The van der Waals surface area contributed by atoms with E-state index in [4.69, 9.17) is 16.3 Å². The Balaban J connectivity index is 2.02. The van der Waals surface area contributed by atoms with E-state index < -0.39 is 0 Å². The van der Waals surface area contributed by atoms with Gasteiger partial charge in [-0.2, -0.15) is 0 Å². The van der Waals surface area contributed by atoms with Crippen LogP contribution in [0.5, 0.6) is 5.75 Å². The summed E-state index contributed by atoms with van der Waals surface area (Å²) in [5.41, 5.74) is 1.65. The number of rotatable bonds is 4. The van der Waals surface area contributed by atoms with Crippen LogP contribution in [0, 0.1) is 5.82 Å². The minimum Gasteiger partial charge on any atom is -0.494 e. The van der Waals surface area contributed by atoms with E-state index >= 15 is 0 Å². The third-order valence-corrected chi connectivity index (χ3v) is 2.66. The van der Waals surface area contributed by atoms with Gasteiger partial charge in [0.25, 0.3) is 0 Å². The van der Waals surface area contributed by atoms with Crippen LogP contribution >= 0.6 is 11.6 Å². The molecule has 0 saturated carbocycles. The minimum absolute atomic E-state index is 0.243. The Hall–Kier alpha value is -1.81. The highest BCUT2D eigenvalue weighted by Crippen LogP contribution is 2.18. The second-order valence-corrected chi connectivity index (χ2v) is 4.08. The molecule has 0 spiro atoms. The van der Waals surface area contributed by atoms with E-state index in [2.05, 4.69) is 10.3 Å². The molecule has 2 aromatic rings. The zero-order chi connectivity index (χ0) is 13.0. The first-order valence-electron chi connectivity index (χ1n) is 5.37. The maximum absolute atomic E-state index is 13.4. The molecule has 5 heteroatoms. The molecule has 0 bridgehead atoms. The lowest BCUT2D eigenvalue weighted by atomic mass is 10.2. The molecule has 94 valence electrons. The van der Waals surface area contributed by atoms with Crippen molar-refractivity contribution in [2.75, 3.05) is 12.4 Å². The number of hydrogen-bond acceptors (Lipinski definition) is 3. The minimum atomic E-state index is -0.369. The van der Waals surface area contributed by atoms with Gasteiger partial charge in [0, 0.05) is 6.54 Å². The first-order valence-corrected chi connectivity index (χ1v) is 5.74. The van der Waals surface area contributed by atoms with E-state index in [9.17, 15) is 4.39 Å². The summed E-state index contributed by atoms with van der Waals surface area (Å²) in [4.78, 5) is 3.95. The zero-order valence-corrected chi connectivity index (χ0v) is 10.5. The summed E-state index contributed by atoms with van der Waals surface area (Å²) in [6.07, 6.45) is 1.63. The van der Waals surface area contributed by atoms with E-state index in [0.29, 0.717) is 11.7 Å². The van der Waals surface area contributed by atoms with Gasteiger partial charge in [-0.25, -0.2) is 9.37 Å². The molecule has 0 aliphatic carbocycles. The SMILES string of the molecule is COc1ccc(CNc2ccc(Cl)nc2)cc1F. The summed E-state index contributed by atoms with van der Waals surface area (Å²) < 4.78 is 18.3. The van der Waals surface area contributed by atoms with Crippen LogP contribution in [-0.4, -0.2) is 12.1 Å². The Morgan fingerprint density at radius 1 is 1.33 bits per heavy atom. The Kier molecular flexibility index (Phi) is 3.99. The number of methoxy groups -OCH3 is 1.